The molecule has 2 aromatic carbocycles. The van der Waals surface area contributed by atoms with Crippen LogP contribution in [0.1, 0.15) is 33.3 Å². The van der Waals surface area contributed by atoms with Gasteiger partial charge in [-0.05, 0) is 24.6 Å². The molecule has 3 aromatic rings. The smallest absolute Gasteiger partial charge is 0.252 e. The Bertz CT molecular complexity index is 1120. The largest absolute Gasteiger partial charge is 0.496 e. The number of nitrogens with one attached hydrogen (secondary N) is 1. The highest BCUT2D eigenvalue weighted by molar-refractivity contribution is 6.06. The van der Waals surface area contributed by atoms with Gasteiger partial charge in [-0.15, -0.1) is 0 Å². The minimum absolute atomic E-state index is 0.135. The normalized spacial score (nSPS) is 16.6. The van der Waals surface area contributed by atoms with E-state index in [9.17, 15) is 4.79 Å². The van der Waals surface area contributed by atoms with Crippen molar-refractivity contribution in [1.82, 2.24) is 15.2 Å². The summed E-state index contributed by atoms with van der Waals surface area (Å²) in [6.07, 6.45) is -0.218. The van der Waals surface area contributed by atoms with Gasteiger partial charge in [0.1, 0.15) is 11.9 Å². The first-order chi connectivity index (χ1) is 16.1. The zero-order chi connectivity index (χ0) is 23.2. The van der Waals surface area contributed by atoms with Crippen LogP contribution in [0.3, 0.4) is 0 Å². The van der Waals surface area contributed by atoms with E-state index in [1.54, 1.807) is 14.2 Å². The number of carbonyl (C=O) groups excluding carboxylic acids is 1. The second-order valence-electron chi connectivity index (χ2n) is 8.22. The predicted octanol–water partition coefficient (Wildman–Crippen LogP) is 3.50. The van der Waals surface area contributed by atoms with Crippen LogP contribution in [-0.2, 0) is 16.0 Å². The topological polar surface area (TPSA) is 72.9 Å². The molecule has 0 saturated carbocycles. The molecule has 1 N–H and O–H groups in total. The van der Waals surface area contributed by atoms with Crippen molar-refractivity contribution >= 4 is 16.8 Å². The second kappa shape index (κ2) is 10.7. The molecule has 0 spiro atoms. The third kappa shape index (κ3) is 5.33. The van der Waals surface area contributed by atoms with Crippen molar-refractivity contribution in [2.24, 2.45) is 0 Å². The lowest BCUT2D eigenvalue weighted by Crippen LogP contribution is -2.38. The third-order valence-corrected chi connectivity index (χ3v) is 5.94. The molecule has 1 aliphatic heterocycles. The molecule has 0 unspecified atom stereocenters. The van der Waals surface area contributed by atoms with Crippen molar-refractivity contribution in [3.8, 4) is 5.75 Å². The summed E-state index contributed by atoms with van der Waals surface area (Å²) in [6, 6.07) is 15.8. The van der Waals surface area contributed by atoms with Crippen molar-refractivity contribution in [2.75, 3.05) is 47.1 Å². The fourth-order valence-corrected chi connectivity index (χ4v) is 4.31. The summed E-state index contributed by atoms with van der Waals surface area (Å²) in [6.45, 7) is 5.85. The first-order valence-electron chi connectivity index (χ1n) is 11.2. The SMILES string of the molecule is COCCNC(=O)c1cc([C@@H]2CN(Cc3cccc(C)c3OC)CCO2)nc2ccccc12. The third-order valence-electron chi connectivity index (χ3n) is 5.94. The molecule has 1 atom stereocenters. The number of ether oxygens (including phenoxy) is 3. The van der Waals surface area contributed by atoms with Crippen LogP contribution >= 0.6 is 0 Å². The number of methoxy groups -OCH3 is 2. The number of pyridine rings is 1. The van der Waals surface area contributed by atoms with E-state index in [-0.39, 0.29) is 12.0 Å². The van der Waals surface area contributed by atoms with Gasteiger partial charge in [0, 0.05) is 44.2 Å². The molecule has 174 valence electrons. The van der Waals surface area contributed by atoms with Crippen LogP contribution in [0.2, 0.25) is 0 Å². The van der Waals surface area contributed by atoms with Gasteiger partial charge in [-0.3, -0.25) is 9.69 Å². The molecule has 33 heavy (non-hydrogen) atoms. The van der Waals surface area contributed by atoms with Gasteiger partial charge >= 0.3 is 0 Å². The van der Waals surface area contributed by atoms with E-state index >= 15 is 0 Å². The van der Waals surface area contributed by atoms with E-state index in [1.165, 1.54) is 0 Å². The first-order valence-corrected chi connectivity index (χ1v) is 11.2. The summed E-state index contributed by atoms with van der Waals surface area (Å²) in [5.41, 5.74) is 4.44. The van der Waals surface area contributed by atoms with Gasteiger partial charge in [-0.25, -0.2) is 4.98 Å². The highest BCUT2D eigenvalue weighted by atomic mass is 16.5. The van der Waals surface area contributed by atoms with E-state index in [0.717, 1.165) is 46.6 Å². The van der Waals surface area contributed by atoms with E-state index < -0.39 is 0 Å². The number of benzene rings is 2. The maximum Gasteiger partial charge on any atom is 0.252 e. The number of para-hydroxylation sites is 2. The van der Waals surface area contributed by atoms with Gasteiger partial charge in [0.15, 0.2) is 0 Å². The number of carbonyl (C=O) groups is 1. The number of hydrogen-bond acceptors (Lipinski definition) is 6. The molecule has 7 heteroatoms. The molecular weight excluding hydrogens is 418 g/mol. The quantitative estimate of drug-likeness (QED) is 0.531. The summed E-state index contributed by atoms with van der Waals surface area (Å²) in [4.78, 5) is 20.1. The van der Waals surface area contributed by atoms with E-state index in [4.69, 9.17) is 19.2 Å². The molecule has 4 rings (SSSR count). The van der Waals surface area contributed by atoms with E-state index in [0.29, 0.717) is 31.9 Å². The van der Waals surface area contributed by atoms with Crippen LogP contribution in [-0.4, -0.2) is 62.9 Å². The molecule has 1 aliphatic rings. The summed E-state index contributed by atoms with van der Waals surface area (Å²) < 4.78 is 16.8. The number of aryl methyl sites for hydroxylation is 1. The minimum Gasteiger partial charge on any atom is -0.496 e. The molecule has 1 fully saturated rings. The number of nitrogens with zero attached hydrogens (tertiary/aromatic N) is 2. The van der Waals surface area contributed by atoms with Gasteiger partial charge in [0.2, 0.25) is 0 Å². The van der Waals surface area contributed by atoms with Crippen LogP contribution in [0.15, 0.2) is 48.5 Å². The fourth-order valence-electron chi connectivity index (χ4n) is 4.31. The minimum atomic E-state index is -0.218. The molecular formula is C26H31N3O4. The fraction of sp³-hybridized carbons (Fsp3) is 0.385. The van der Waals surface area contributed by atoms with Gasteiger partial charge in [-0.1, -0.05) is 36.4 Å². The molecule has 1 saturated heterocycles. The molecule has 7 nitrogen and oxygen atoms in total. The van der Waals surface area contributed by atoms with Crippen LogP contribution in [0.5, 0.6) is 5.75 Å². The number of amides is 1. The van der Waals surface area contributed by atoms with Gasteiger partial charge in [0.25, 0.3) is 5.91 Å². The Balaban J connectivity index is 1.58. The Kier molecular flexibility index (Phi) is 7.54. The molecule has 1 aromatic heterocycles. The van der Waals surface area contributed by atoms with Gasteiger partial charge in [-0.2, -0.15) is 0 Å². The number of hydrogen-bond donors (Lipinski definition) is 1. The van der Waals surface area contributed by atoms with Crippen molar-refractivity contribution in [2.45, 2.75) is 19.6 Å². The zero-order valence-corrected chi connectivity index (χ0v) is 19.5. The lowest BCUT2D eigenvalue weighted by molar-refractivity contribution is -0.0350. The Labute approximate surface area is 194 Å². The summed E-state index contributed by atoms with van der Waals surface area (Å²) in [5, 5.41) is 3.75. The van der Waals surface area contributed by atoms with Crippen LogP contribution in [0.25, 0.3) is 10.9 Å². The molecule has 0 aliphatic carbocycles. The van der Waals surface area contributed by atoms with Crippen LogP contribution in [0, 0.1) is 6.92 Å². The molecule has 1 amide bonds. The zero-order valence-electron chi connectivity index (χ0n) is 19.5. The lowest BCUT2D eigenvalue weighted by Gasteiger charge is -2.33. The Morgan fingerprint density at radius 1 is 1.21 bits per heavy atom. The Morgan fingerprint density at radius 3 is 2.88 bits per heavy atom. The highest BCUT2D eigenvalue weighted by Gasteiger charge is 2.26. The highest BCUT2D eigenvalue weighted by Crippen LogP contribution is 2.29. The van der Waals surface area contributed by atoms with Crippen molar-refractivity contribution in [1.29, 1.82) is 0 Å². The number of morpholine rings is 1. The van der Waals surface area contributed by atoms with Gasteiger partial charge in [0.05, 0.1) is 37.1 Å². The average Bonchev–Trinajstić information content (AvgIpc) is 2.84. The van der Waals surface area contributed by atoms with Crippen molar-refractivity contribution in [3.05, 3.63) is 70.9 Å². The number of aromatic nitrogens is 1. The maximum absolute atomic E-state index is 12.9. The van der Waals surface area contributed by atoms with Crippen molar-refractivity contribution in [3.63, 3.8) is 0 Å². The predicted molar refractivity (Wildman–Crippen MR) is 128 cm³/mol. The summed E-state index contributed by atoms with van der Waals surface area (Å²) >= 11 is 0. The van der Waals surface area contributed by atoms with Gasteiger partial charge < -0.3 is 19.5 Å². The maximum atomic E-state index is 12.9. The number of fused-ring (bicyclic) bond motifs is 1. The Hall–Kier alpha value is -3.00. The van der Waals surface area contributed by atoms with E-state index in [1.807, 2.05) is 30.3 Å². The standard InChI is InChI=1S/C26H31N3O4/c1-18-7-6-8-19(25(18)32-3)16-29-12-14-33-24(17-29)23-15-21(26(30)27-11-13-31-2)20-9-4-5-10-22(20)28-23/h4-10,15,24H,11-14,16-17H2,1-3H3,(H,27,30)/t24-/m0/s1. The molecule has 0 bridgehead atoms. The Morgan fingerprint density at radius 2 is 2.06 bits per heavy atom. The lowest BCUT2D eigenvalue weighted by atomic mass is 10.0. The average molecular weight is 450 g/mol. The molecule has 0 radical (unpaired) electrons. The molecule has 2 heterocycles. The van der Waals surface area contributed by atoms with Crippen LogP contribution < -0.4 is 10.1 Å². The van der Waals surface area contributed by atoms with Crippen molar-refractivity contribution < 1.29 is 19.0 Å². The first kappa shape index (κ1) is 23.2. The van der Waals surface area contributed by atoms with E-state index in [2.05, 4.69) is 35.3 Å². The van der Waals surface area contributed by atoms with Crippen LogP contribution in [0.4, 0.5) is 0 Å². The summed E-state index contributed by atoms with van der Waals surface area (Å²) in [5.74, 6) is 0.795. The second-order valence-corrected chi connectivity index (χ2v) is 8.22. The monoisotopic (exact) mass is 449 g/mol. The number of rotatable bonds is 8. The summed E-state index contributed by atoms with van der Waals surface area (Å²) in [7, 11) is 3.33.